The van der Waals surface area contributed by atoms with E-state index in [0.717, 1.165) is 18.5 Å². The first kappa shape index (κ1) is 13.6. The van der Waals surface area contributed by atoms with Crippen molar-refractivity contribution < 1.29 is 0 Å². The van der Waals surface area contributed by atoms with Crippen LogP contribution in [0.2, 0.25) is 0 Å². The van der Waals surface area contributed by atoms with Crippen LogP contribution in [0.15, 0.2) is 11.4 Å². The van der Waals surface area contributed by atoms with Crippen LogP contribution in [0.5, 0.6) is 0 Å². The Balaban J connectivity index is 1.83. The first-order valence-corrected chi connectivity index (χ1v) is 8.69. The van der Waals surface area contributed by atoms with Gasteiger partial charge in [-0.15, -0.1) is 11.3 Å². The third-order valence-electron chi connectivity index (χ3n) is 5.11. The molecule has 1 aliphatic heterocycles. The highest BCUT2D eigenvalue weighted by Gasteiger charge is 2.37. The summed E-state index contributed by atoms with van der Waals surface area (Å²) in [5.41, 5.74) is 7.58. The molecule has 2 nitrogen and oxygen atoms in total. The summed E-state index contributed by atoms with van der Waals surface area (Å²) in [4.78, 5) is 4.26. The number of nitrogens with zero attached hydrogens (tertiary/aromatic N) is 1. The maximum atomic E-state index is 6.15. The zero-order valence-corrected chi connectivity index (χ0v) is 12.8. The first-order valence-electron chi connectivity index (χ1n) is 7.81. The smallest absolute Gasteiger partial charge is 0.0569 e. The van der Waals surface area contributed by atoms with Gasteiger partial charge in [-0.2, -0.15) is 0 Å². The van der Waals surface area contributed by atoms with Gasteiger partial charge in [0.05, 0.1) is 6.04 Å². The summed E-state index contributed by atoms with van der Waals surface area (Å²) in [6, 6.07) is 3.51. The SMILES string of the molecule is Cc1ccsc1C(CN)N1CCC[C@H]2CCCC[C@H]21. The van der Waals surface area contributed by atoms with Gasteiger partial charge in [0.2, 0.25) is 0 Å². The number of rotatable bonds is 3. The second-order valence-electron chi connectivity index (χ2n) is 6.21. The van der Waals surface area contributed by atoms with E-state index >= 15 is 0 Å². The molecular weight excluding hydrogens is 252 g/mol. The fourth-order valence-corrected chi connectivity index (χ4v) is 5.23. The molecule has 2 N–H and O–H groups in total. The van der Waals surface area contributed by atoms with Crippen LogP contribution < -0.4 is 5.73 Å². The Hall–Kier alpha value is -0.380. The van der Waals surface area contributed by atoms with Crippen LogP contribution in [0.3, 0.4) is 0 Å². The molecule has 0 spiro atoms. The second-order valence-corrected chi connectivity index (χ2v) is 7.16. The molecule has 3 rings (SSSR count). The van der Waals surface area contributed by atoms with Crippen molar-refractivity contribution in [3.63, 3.8) is 0 Å². The average molecular weight is 278 g/mol. The molecule has 1 aromatic heterocycles. The minimum absolute atomic E-state index is 0.464. The summed E-state index contributed by atoms with van der Waals surface area (Å²) >= 11 is 1.89. The minimum Gasteiger partial charge on any atom is -0.329 e. The van der Waals surface area contributed by atoms with E-state index in [4.69, 9.17) is 5.73 Å². The van der Waals surface area contributed by atoms with Crippen LogP contribution in [-0.4, -0.2) is 24.0 Å². The van der Waals surface area contributed by atoms with E-state index in [1.54, 1.807) is 0 Å². The van der Waals surface area contributed by atoms with E-state index in [1.807, 2.05) is 11.3 Å². The summed E-state index contributed by atoms with van der Waals surface area (Å²) in [6.07, 6.45) is 8.51. The number of piperidine rings is 1. The lowest BCUT2D eigenvalue weighted by Crippen LogP contribution is -2.49. The number of nitrogens with two attached hydrogens (primary N) is 1. The van der Waals surface area contributed by atoms with Gasteiger partial charge in [0, 0.05) is 17.5 Å². The first-order chi connectivity index (χ1) is 9.31. The molecule has 3 atom stereocenters. The van der Waals surface area contributed by atoms with Gasteiger partial charge >= 0.3 is 0 Å². The van der Waals surface area contributed by atoms with Crippen molar-refractivity contribution in [1.82, 2.24) is 4.90 Å². The summed E-state index contributed by atoms with van der Waals surface area (Å²) in [5, 5.41) is 2.22. The Labute approximate surface area is 121 Å². The summed E-state index contributed by atoms with van der Waals surface area (Å²) in [7, 11) is 0. The van der Waals surface area contributed by atoms with Crippen molar-refractivity contribution in [2.45, 2.75) is 57.5 Å². The van der Waals surface area contributed by atoms with Gasteiger partial charge < -0.3 is 5.73 Å². The number of aryl methyl sites for hydroxylation is 1. The minimum atomic E-state index is 0.464. The predicted molar refractivity (Wildman–Crippen MR) is 82.5 cm³/mol. The maximum absolute atomic E-state index is 6.15. The average Bonchev–Trinajstić information content (AvgIpc) is 2.86. The van der Waals surface area contributed by atoms with Gasteiger partial charge in [0.25, 0.3) is 0 Å². The molecule has 2 heterocycles. The van der Waals surface area contributed by atoms with E-state index in [1.165, 1.54) is 55.5 Å². The normalized spacial score (nSPS) is 30.0. The molecule has 1 saturated heterocycles. The number of hydrogen-bond donors (Lipinski definition) is 1. The van der Waals surface area contributed by atoms with Crippen LogP contribution in [0.1, 0.15) is 55.0 Å². The fraction of sp³-hybridized carbons (Fsp3) is 0.750. The topological polar surface area (TPSA) is 29.3 Å². The Morgan fingerprint density at radius 3 is 2.84 bits per heavy atom. The lowest BCUT2D eigenvalue weighted by molar-refractivity contribution is 0.0285. The van der Waals surface area contributed by atoms with E-state index in [9.17, 15) is 0 Å². The molecule has 1 aromatic rings. The number of hydrogen-bond acceptors (Lipinski definition) is 3. The zero-order valence-electron chi connectivity index (χ0n) is 12.0. The highest BCUT2D eigenvalue weighted by Crippen LogP contribution is 2.40. The molecule has 2 aliphatic rings. The Morgan fingerprint density at radius 1 is 1.32 bits per heavy atom. The van der Waals surface area contributed by atoms with Crippen LogP contribution >= 0.6 is 11.3 Å². The highest BCUT2D eigenvalue weighted by atomic mass is 32.1. The van der Waals surface area contributed by atoms with Crippen LogP contribution in [0.4, 0.5) is 0 Å². The molecule has 0 bridgehead atoms. The molecule has 106 valence electrons. The number of thiophene rings is 1. The molecule has 0 amide bonds. The van der Waals surface area contributed by atoms with Crippen LogP contribution in [0, 0.1) is 12.8 Å². The maximum Gasteiger partial charge on any atom is 0.0569 e. The van der Waals surface area contributed by atoms with E-state index < -0.39 is 0 Å². The van der Waals surface area contributed by atoms with Crippen molar-refractivity contribution in [3.8, 4) is 0 Å². The molecule has 0 radical (unpaired) electrons. The Bertz CT molecular complexity index is 413. The van der Waals surface area contributed by atoms with Gasteiger partial charge in [-0.25, -0.2) is 0 Å². The lowest BCUT2D eigenvalue weighted by Gasteiger charge is -2.47. The third-order valence-corrected chi connectivity index (χ3v) is 6.23. The largest absolute Gasteiger partial charge is 0.329 e. The molecule has 1 aliphatic carbocycles. The van der Waals surface area contributed by atoms with Gasteiger partial charge in [-0.1, -0.05) is 12.8 Å². The van der Waals surface area contributed by atoms with Crippen molar-refractivity contribution >= 4 is 11.3 Å². The third kappa shape index (κ3) is 2.61. The van der Waals surface area contributed by atoms with Crippen molar-refractivity contribution in [3.05, 3.63) is 21.9 Å². The lowest BCUT2D eigenvalue weighted by atomic mass is 9.77. The highest BCUT2D eigenvalue weighted by molar-refractivity contribution is 7.10. The molecule has 1 unspecified atom stereocenters. The second kappa shape index (κ2) is 5.94. The van der Waals surface area contributed by atoms with Gasteiger partial charge in [-0.05, 0) is 62.1 Å². The Kier molecular flexibility index (Phi) is 4.25. The van der Waals surface area contributed by atoms with Gasteiger partial charge in [0.1, 0.15) is 0 Å². The van der Waals surface area contributed by atoms with Crippen LogP contribution in [-0.2, 0) is 0 Å². The number of fused-ring (bicyclic) bond motifs is 1. The summed E-state index contributed by atoms with van der Waals surface area (Å²) in [6.45, 7) is 4.25. The van der Waals surface area contributed by atoms with Crippen LogP contribution in [0.25, 0.3) is 0 Å². The molecule has 3 heteroatoms. The molecule has 19 heavy (non-hydrogen) atoms. The van der Waals surface area contributed by atoms with E-state index in [-0.39, 0.29) is 0 Å². The summed E-state index contributed by atoms with van der Waals surface area (Å²) in [5.74, 6) is 0.941. The molecular formula is C16H26N2S. The molecule has 0 aromatic carbocycles. The molecule has 2 fully saturated rings. The summed E-state index contributed by atoms with van der Waals surface area (Å²) < 4.78 is 0. The quantitative estimate of drug-likeness (QED) is 0.913. The van der Waals surface area contributed by atoms with E-state index in [2.05, 4.69) is 23.3 Å². The van der Waals surface area contributed by atoms with Gasteiger partial charge in [0.15, 0.2) is 0 Å². The van der Waals surface area contributed by atoms with Crippen molar-refractivity contribution in [2.75, 3.05) is 13.1 Å². The predicted octanol–water partition coefficient (Wildman–Crippen LogP) is 3.71. The van der Waals surface area contributed by atoms with E-state index in [0.29, 0.717) is 6.04 Å². The standard InChI is InChI=1S/C16H26N2S/c1-12-8-10-19-16(12)15(11-17)18-9-4-6-13-5-2-3-7-14(13)18/h8,10,13-15H,2-7,9,11,17H2,1H3/t13-,14-,15?/m1/s1. The van der Waals surface area contributed by atoms with Gasteiger partial charge in [-0.3, -0.25) is 4.90 Å². The Morgan fingerprint density at radius 2 is 2.11 bits per heavy atom. The monoisotopic (exact) mass is 278 g/mol. The molecule has 1 saturated carbocycles. The van der Waals surface area contributed by atoms with Crippen molar-refractivity contribution in [1.29, 1.82) is 0 Å². The van der Waals surface area contributed by atoms with Crippen molar-refractivity contribution in [2.24, 2.45) is 11.7 Å². The number of likely N-dealkylation sites (tertiary alicyclic amines) is 1. The fourth-order valence-electron chi connectivity index (χ4n) is 4.17. The zero-order chi connectivity index (χ0) is 13.2.